The van der Waals surface area contributed by atoms with Crippen molar-refractivity contribution in [3.8, 4) is 0 Å². The molecule has 0 saturated heterocycles. The van der Waals surface area contributed by atoms with Crippen LogP contribution in [0.1, 0.15) is 21.9 Å². The molecule has 2 aromatic heterocycles. The molecule has 0 aromatic carbocycles. The van der Waals surface area contributed by atoms with Crippen molar-refractivity contribution >= 4 is 17.7 Å². The Labute approximate surface area is 115 Å². The van der Waals surface area contributed by atoms with Crippen LogP contribution in [0.25, 0.3) is 0 Å². The fraction of sp³-hybridized carbons (Fsp3) is 0.231. The number of aromatic amines is 1. The summed E-state index contributed by atoms with van der Waals surface area (Å²) < 4.78 is 5.15. The van der Waals surface area contributed by atoms with Crippen molar-refractivity contribution in [3.63, 3.8) is 0 Å². The van der Waals surface area contributed by atoms with Crippen molar-refractivity contribution in [1.82, 2.24) is 9.88 Å². The van der Waals surface area contributed by atoms with Crippen molar-refractivity contribution < 1.29 is 19.1 Å². The Morgan fingerprint density at radius 1 is 1.50 bits per heavy atom. The Hall–Kier alpha value is -2.70. The molecule has 2 aromatic rings. The minimum absolute atomic E-state index is 0.0396. The van der Waals surface area contributed by atoms with E-state index in [1.54, 1.807) is 32.2 Å². The topological polar surface area (TPSA) is 98.6 Å². The fourth-order valence-electron chi connectivity index (χ4n) is 1.78. The lowest BCUT2D eigenvalue weighted by Gasteiger charge is -2.16. The maximum atomic E-state index is 12.0. The van der Waals surface area contributed by atoms with Gasteiger partial charge in [0.25, 0.3) is 0 Å². The number of hydrogen-bond acceptors (Lipinski definition) is 3. The predicted octanol–water partition coefficient (Wildman–Crippen LogP) is 2.28. The van der Waals surface area contributed by atoms with E-state index in [4.69, 9.17) is 9.52 Å². The minimum atomic E-state index is -1.12. The van der Waals surface area contributed by atoms with Gasteiger partial charge in [-0.25, -0.2) is 9.59 Å². The molecule has 3 N–H and O–H groups in total. The summed E-state index contributed by atoms with van der Waals surface area (Å²) in [5.74, 6) is -0.478. The van der Waals surface area contributed by atoms with Gasteiger partial charge < -0.3 is 24.7 Å². The Morgan fingerprint density at radius 2 is 2.25 bits per heavy atom. The van der Waals surface area contributed by atoms with E-state index in [-0.39, 0.29) is 11.4 Å². The zero-order valence-electron chi connectivity index (χ0n) is 11.1. The molecule has 2 heterocycles. The van der Waals surface area contributed by atoms with Crippen LogP contribution >= 0.6 is 0 Å². The van der Waals surface area contributed by atoms with Gasteiger partial charge in [0.1, 0.15) is 11.5 Å². The van der Waals surface area contributed by atoms with Gasteiger partial charge in [-0.1, -0.05) is 0 Å². The highest BCUT2D eigenvalue weighted by atomic mass is 16.4. The summed E-state index contributed by atoms with van der Waals surface area (Å²) >= 11 is 0. The molecule has 0 aliphatic carbocycles. The van der Waals surface area contributed by atoms with Gasteiger partial charge in [-0.2, -0.15) is 0 Å². The monoisotopic (exact) mass is 277 g/mol. The average molecular weight is 277 g/mol. The number of rotatable bonds is 4. The number of carboxylic acids is 1. The molecule has 0 spiro atoms. The molecule has 2 rings (SSSR count). The SMILES string of the molecule is Cc1cc(NC(=O)N(C)Cc2ccco2)c(C(=O)O)[nH]1. The number of anilines is 1. The van der Waals surface area contributed by atoms with E-state index in [0.29, 0.717) is 18.0 Å². The van der Waals surface area contributed by atoms with Crippen molar-refractivity contribution in [3.05, 3.63) is 41.6 Å². The number of furan rings is 1. The van der Waals surface area contributed by atoms with Gasteiger partial charge in [0.15, 0.2) is 0 Å². The van der Waals surface area contributed by atoms with Gasteiger partial charge >= 0.3 is 12.0 Å². The lowest BCUT2D eigenvalue weighted by molar-refractivity contribution is 0.0692. The Bertz CT molecular complexity index is 616. The van der Waals surface area contributed by atoms with E-state index >= 15 is 0 Å². The van der Waals surface area contributed by atoms with Gasteiger partial charge in [-0.15, -0.1) is 0 Å². The summed E-state index contributed by atoms with van der Waals surface area (Å²) in [6.45, 7) is 2.01. The smallest absolute Gasteiger partial charge is 0.354 e. The first-order valence-electron chi connectivity index (χ1n) is 5.94. The average Bonchev–Trinajstić information content (AvgIpc) is 2.98. The van der Waals surface area contributed by atoms with Crippen LogP contribution < -0.4 is 5.32 Å². The van der Waals surface area contributed by atoms with Crippen molar-refractivity contribution in [2.75, 3.05) is 12.4 Å². The number of carboxylic acid groups (broad SMARTS) is 1. The van der Waals surface area contributed by atoms with Crippen LogP contribution in [-0.4, -0.2) is 34.0 Å². The van der Waals surface area contributed by atoms with Crippen LogP contribution in [0, 0.1) is 6.92 Å². The molecule has 0 radical (unpaired) electrons. The van der Waals surface area contributed by atoms with Crippen LogP contribution in [0.3, 0.4) is 0 Å². The highest BCUT2D eigenvalue weighted by molar-refractivity contribution is 5.99. The largest absolute Gasteiger partial charge is 0.477 e. The number of amides is 2. The molecule has 0 atom stereocenters. The zero-order chi connectivity index (χ0) is 14.7. The quantitative estimate of drug-likeness (QED) is 0.798. The summed E-state index contributed by atoms with van der Waals surface area (Å²) in [4.78, 5) is 27.1. The van der Waals surface area contributed by atoms with Gasteiger partial charge in [0, 0.05) is 12.7 Å². The zero-order valence-corrected chi connectivity index (χ0v) is 11.1. The highest BCUT2D eigenvalue weighted by Gasteiger charge is 2.17. The first kappa shape index (κ1) is 13.7. The van der Waals surface area contributed by atoms with Gasteiger partial charge in [-0.05, 0) is 25.1 Å². The van der Waals surface area contributed by atoms with Gasteiger partial charge in [0.2, 0.25) is 0 Å². The summed E-state index contributed by atoms with van der Waals surface area (Å²) in [6.07, 6.45) is 1.53. The number of aromatic carboxylic acids is 1. The van der Waals surface area contributed by atoms with E-state index < -0.39 is 12.0 Å². The highest BCUT2D eigenvalue weighted by Crippen LogP contribution is 2.17. The van der Waals surface area contributed by atoms with Gasteiger partial charge in [-0.3, -0.25) is 0 Å². The van der Waals surface area contributed by atoms with Gasteiger partial charge in [0.05, 0.1) is 18.5 Å². The number of carbonyl (C=O) groups excluding carboxylic acids is 1. The van der Waals surface area contributed by atoms with E-state index in [1.165, 1.54) is 11.2 Å². The normalized spacial score (nSPS) is 10.3. The lowest BCUT2D eigenvalue weighted by Crippen LogP contribution is -2.31. The van der Waals surface area contributed by atoms with Crippen molar-refractivity contribution in [2.45, 2.75) is 13.5 Å². The fourth-order valence-corrected chi connectivity index (χ4v) is 1.78. The summed E-state index contributed by atoms with van der Waals surface area (Å²) in [5, 5.41) is 11.6. The first-order chi connectivity index (χ1) is 9.47. The van der Waals surface area contributed by atoms with Crippen LogP contribution in [0.2, 0.25) is 0 Å². The summed E-state index contributed by atoms with van der Waals surface area (Å²) in [7, 11) is 1.60. The third-order valence-electron chi connectivity index (χ3n) is 2.73. The second-order valence-electron chi connectivity index (χ2n) is 4.41. The molecule has 2 amide bonds. The maximum Gasteiger partial charge on any atom is 0.354 e. The van der Waals surface area contributed by atoms with E-state index in [1.807, 2.05) is 0 Å². The second-order valence-corrected chi connectivity index (χ2v) is 4.41. The van der Waals surface area contributed by atoms with Crippen LogP contribution in [0.15, 0.2) is 28.9 Å². The maximum absolute atomic E-state index is 12.0. The predicted molar refractivity (Wildman–Crippen MR) is 71.7 cm³/mol. The number of nitrogens with zero attached hydrogens (tertiary/aromatic N) is 1. The summed E-state index contributed by atoms with van der Waals surface area (Å²) in [6, 6.07) is 4.65. The Morgan fingerprint density at radius 3 is 2.85 bits per heavy atom. The molecule has 7 nitrogen and oxygen atoms in total. The van der Waals surface area contributed by atoms with E-state index in [2.05, 4.69) is 10.3 Å². The first-order valence-corrected chi connectivity index (χ1v) is 5.94. The molecule has 20 heavy (non-hydrogen) atoms. The number of nitrogens with one attached hydrogen (secondary N) is 2. The molecular formula is C13H15N3O4. The standard InChI is InChI=1S/C13H15N3O4/c1-8-6-10(11(14-8)12(17)18)15-13(19)16(2)7-9-4-3-5-20-9/h3-6,14H,7H2,1-2H3,(H,15,19)(H,17,18). The molecule has 0 bridgehead atoms. The molecule has 0 aliphatic heterocycles. The van der Waals surface area contributed by atoms with E-state index in [0.717, 1.165) is 0 Å². The molecular weight excluding hydrogens is 262 g/mol. The Balaban J connectivity index is 2.05. The number of carbonyl (C=O) groups is 2. The van der Waals surface area contributed by atoms with Crippen molar-refractivity contribution in [2.24, 2.45) is 0 Å². The number of hydrogen-bond donors (Lipinski definition) is 3. The minimum Gasteiger partial charge on any atom is -0.477 e. The number of H-pyrrole nitrogens is 1. The number of urea groups is 1. The van der Waals surface area contributed by atoms with Crippen LogP contribution in [0.5, 0.6) is 0 Å². The molecule has 0 fully saturated rings. The second kappa shape index (κ2) is 5.52. The summed E-state index contributed by atoms with van der Waals surface area (Å²) in [5.41, 5.74) is 0.861. The van der Waals surface area contributed by atoms with Crippen molar-refractivity contribution in [1.29, 1.82) is 0 Å². The lowest BCUT2D eigenvalue weighted by atomic mass is 10.3. The number of aryl methyl sites for hydroxylation is 1. The molecule has 106 valence electrons. The number of aromatic nitrogens is 1. The third kappa shape index (κ3) is 3.00. The van der Waals surface area contributed by atoms with Crippen LogP contribution in [-0.2, 0) is 6.54 Å². The molecule has 0 aliphatic rings. The van der Waals surface area contributed by atoms with Crippen LogP contribution in [0.4, 0.5) is 10.5 Å². The van der Waals surface area contributed by atoms with E-state index in [9.17, 15) is 9.59 Å². The molecule has 0 saturated carbocycles. The third-order valence-corrected chi connectivity index (χ3v) is 2.73. The molecule has 7 heteroatoms. The molecule has 0 unspecified atom stereocenters. The Kier molecular flexibility index (Phi) is 3.79.